The summed E-state index contributed by atoms with van der Waals surface area (Å²) < 4.78 is 12.9. The molecule has 0 aliphatic carbocycles. The first-order valence-electron chi connectivity index (χ1n) is 2.34. The maximum absolute atomic E-state index is 12.4. The molecule has 0 spiro atoms. The van der Waals surface area contributed by atoms with Gasteiger partial charge < -0.3 is 0 Å². The molecule has 0 unspecified atom stereocenters. The van der Waals surface area contributed by atoms with Crippen LogP contribution in [0, 0.1) is 12.9 Å². The molecule has 0 fully saturated rings. The van der Waals surface area contributed by atoms with Gasteiger partial charge in [0.25, 0.3) is 0 Å². The fourth-order valence-electron chi connectivity index (χ4n) is 0.409. The number of halogens is 2. The van der Waals surface area contributed by atoms with Gasteiger partial charge in [-0.25, -0.2) is 9.97 Å². The molecule has 0 aliphatic rings. The van der Waals surface area contributed by atoms with Gasteiger partial charge in [0.1, 0.15) is 10.9 Å². The van der Waals surface area contributed by atoms with E-state index in [4.69, 9.17) is 0 Å². The summed E-state index contributed by atoms with van der Waals surface area (Å²) in [5, 5.41) is 0. The molecule has 4 heteroatoms. The van der Waals surface area contributed by atoms with Crippen LogP contribution in [0.3, 0.4) is 0 Å². The minimum atomic E-state index is -0.475. The summed E-state index contributed by atoms with van der Waals surface area (Å²) in [4.78, 5) is 7.04. The van der Waals surface area contributed by atoms with E-state index in [9.17, 15) is 4.39 Å². The quantitative estimate of drug-likeness (QED) is 0.583. The monoisotopic (exact) mass is 190 g/mol. The van der Waals surface area contributed by atoms with Crippen LogP contribution in [0.15, 0.2) is 10.9 Å². The highest BCUT2D eigenvalue weighted by Gasteiger charge is 2.00. The van der Waals surface area contributed by atoms with Gasteiger partial charge in [-0.15, -0.1) is 0 Å². The Morgan fingerprint density at radius 1 is 1.56 bits per heavy atom. The molecule has 9 heavy (non-hydrogen) atoms. The predicted molar refractivity (Wildman–Crippen MR) is 34.4 cm³/mol. The van der Waals surface area contributed by atoms with Crippen molar-refractivity contribution in [3.63, 3.8) is 0 Å². The highest BCUT2D eigenvalue weighted by atomic mass is 79.9. The van der Waals surface area contributed by atoms with E-state index in [2.05, 4.69) is 25.9 Å². The molecule has 0 aromatic carbocycles. The molecule has 1 aromatic rings. The second-order valence-corrected chi connectivity index (χ2v) is 2.33. The summed E-state index contributed by atoms with van der Waals surface area (Å²) in [6, 6.07) is 0. The van der Waals surface area contributed by atoms with Crippen LogP contribution < -0.4 is 0 Å². The number of aromatic nitrogens is 2. The lowest BCUT2D eigenvalue weighted by Crippen LogP contribution is -1.90. The standard InChI is InChI=1S/C5H4BrFN2/c1-3-4(6)8-2-9-5(3)7/h2H,1H3. The topological polar surface area (TPSA) is 25.8 Å². The minimum absolute atomic E-state index is 0.442. The smallest absolute Gasteiger partial charge is 0.219 e. The molecule has 0 radical (unpaired) electrons. The molecule has 0 aliphatic heterocycles. The lowest BCUT2D eigenvalue weighted by molar-refractivity contribution is 0.567. The van der Waals surface area contributed by atoms with Crippen LogP contribution in [0.5, 0.6) is 0 Å². The van der Waals surface area contributed by atoms with Crippen LogP contribution in [0.25, 0.3) is 0 Å². The van der Waals surface area contributed by atoms with Crippen LogP contribution in [0.1, 0.15) is 5.56 Å². The van der Waals surface area contributed by atoms with E-state index in [1.54, 1.807) is 6.92 Å². The molecule has 0 amide bonds. The molecular weight excluding hydrogens is 187 g/mol. The van der Waals surface area contributed by atoms with Crippen LogP contribution in [0.2, 0.25) is 0 Å². The maximum atomic E-state index is 12.4. The van der Waals surface area contributed by atoms with Crippen molar-refractivity contribution in [2.75, 3.05) is 0 Å². The molecule has 2 nitrogen and oxygen atoms in total. The van der Waals surface area contributed by atoms with Crippen LogP contribution in [0.4, 0.5) is 4.39 Å². The van der Waals surface area contributed by atoms with E-state index in [0.717, 1.165) is 0 Å². The summed E-state index contributed by atoms with van der Waals surface area (Å²) in [6.07, 6.45) is 1.17. The van der Waals surface area contributed by atoms with Crippen LogP contribution >= 0.6 is 15.9 Å². The normalized spacial score (nSPS) is 9.67. The number of nitrogens with zero attached hydrogens (tertiary/aromatic N) is 2. The van der Waals surface area contributed by atoms with Crippen molar-refractivity contribution < 1.29 is 4.39 Å². The van der Waals surface area contributed by atoms with Crippen molar-refractivity contribution in [1.82, 2.24) is 9.97 Å². The third kappa shape index (κ3) is 1.24. The Morgan fingerprint density at radius 2 is 2.22 bits per heavy atom. The molecule has 0 atom stereocenters. The summed E-state index contributed by atoms with van der Waals surface area (Å²) in [6.45, 7) is 1.61. The van der Waals surface area contributed by atoms with Gasteiger partial charge in [-0.2, -0.15) is 4.39 Å². The van der Waals surface area contributed by atoms with Crippen LogP contribution in [-0.4, -0.2) is 9.97 Å². The van der Waals surface area contributed by atoms with Gasteiger partial charge in [0.05, 0.1) is 0 Å². The third-order valence-electron chi connectivity index (χ3n) is 0.961. The Hall–Kier alpha value is -0.510. The van der Waals surface area contributed by atoms with Gasteiger partial charge in [0.15, 0.2) is 0 Å². The molecular formula is C5H4BrFN2. The van der Waals surface area contributed by atoms with Crippen molar-refractivity contribution in [1.29, 1.82) is 0 Å². The second kappa shape index (κ2) is 2.39. The molecule has 0 saturated heterocycles. The zero-order valence-electron chi connectivity index (χ0n) is 4.73. The van der Waals surface area contributed by atoms with Crippen molar-refractivity contribution in [3.05, 3.63) is 22.4 Å². The fourth-order valence-corrected chi connectivity index (χ4v) is 0.664. The van der Waals surface area contributed by atoms with Gasteiger partial charge >= 0.3 is 0 Å². The van der Waals surface area contributed by atoms with Gasteiger partial charge in [0.2, 0.25) is 5.95 Å². The Labute approximate surface area is 60.3 Å². The Balaban J connectivity index is 3.25. The molecule has 48 valence electrons. The molecule has 1 heterocycles. The predicted octanol–water partition coefficient (Wildman–Crippen LogP) is 1.69. The number of rotatable bonds is 0. The van der Waals surface area contributed by atoms with E-state index < -0.39 is 5.95 Å². The summed E-state index contributed by atoms with van der Waals surface area (Å²) >= 11 is 3.05. The first kappa shape index (κ1) is 6.61. The molecule has 0 N–H and O–H groups in total. The van der Waals surface area contributed by atoms with Gasteiger partial charge in [-0.05, 0) is 22.9 Å². The zero-order valence-corrected chi connectivity index (χ0v) is 6.31. The average molecular weight is 191 g/mol. The molecule has 1 rings (SSSR count). The van der Waals surface area contributed by atoms with Crippen molar-refractivity contribution in [2.45, 2.75) is 6.92 Å². The highest BCUT2D eigenvalue weighted by Crippen LogP contribution is 2.11. The third-order valence-corrected chi connectivity index (χ3v) is 1.76. The minimum Gasteiger partial charge on any atom is -0.229 e. The van der Waals surface area contributed by atoms with Crippen LogP contribution in [-0.2, 0) is 0 Å². The Morgan fingerprint density at radius 3 is 2.67 bits per heavy atom. The molecule has 0 bridgehead atoms. The van der Waals surface area contributed by atoms with E-state index in [1.165, 1.54) is 6.33 Å². The lowest BCUT2D eigenvalue weighted by atomic mass is 10.4. The number of hydrogen-bond acceptors (Lipinski definition) is 2. The molecule has 0 saturated carbocycles. The largest absolute Gasteiger partial charge is 0.229 e. The summed E-state index contributed by atoms with van der Waals surface area (Å²) in [7, 11) is 0. The highest BCUT2D eigenvalue weighted by molar-refractivity contribution is 9.10. The molecule has 1 aromatic heterocycles. The van der Waals surface area contributed by atoms with Gasteiger partial charge in [-0.3, -0.25) is 0 Å². The number of hydrogen-bond donors (Lipinski definition) is 0. The first-order chi connectivity index (χ1) is 4.22. The van der Waals surface area contributed by atoms with Gasteiger partial charge in [-0.1, -0.05) is 0 Å². The van der Waals surface area contributed by atoms with E-state index in [-0.39, 0.29) is 0 Å². The second-order valence-electron chi connectivity index (χ2n) is 1.58. The Bertz CT molecular complexity index is 206. The maximum Gasteiger partial charge on any atom is 0.219 e. The SMILES string of the molecule is Cc1c(F)ncnc1Br. The summed E-state index contributed by atoms with van der Waals surface area (Å²) in [5.41, 5.74) is 0.442. The van der Waals surface area contributed by atoms with Crippen molar-refractivity contribution in [2.24, 2.45) is 0 Å². The fraction of sp³-hybridized carbons (Fsp3) is 0.200. The average Bonchev–Trinajstić information content (AvgIpc) is 1.83. The van der Waals surface area contributed by atoms with E-state index in [0.29, 0.717) is 10.2 Å². The Kier molecular flexibility index (Phi) is 1.75. The van der Waals surface area contributed by atoms with E-state index >= 15 is 0 Å². The zero-order chi connectivity index (χ0) is 6.85. The van der Waals surface area contributed by atoms with Crippen molar-refractivity contribution in [3.8, 4) is 0 Å². The van der Waals surface area contributed by atoms with Gasteiger partial charge in [0, 0.05) is 5.56 Å². The van der Waals surface area contributed by atoms with E-state index in [1.807, 2.05) is 0 Å². The first-order valence-corrected chi connectivity index (χ1v) is 3.13. The lowest BCUT2D eigenvalue weighted by Gasteiger charge is -1.93. The van der Waals surface area contributed by atoms with Crippen molar-refractivity contribution >= 4 is 15.9 Å². The summed E-state index contributed by atoms with van der Waals surface area (Å²) in [5.74, 6) is -0.475.